The van der Waals surface area contributed by atoms with E-state index in [9.17, 15) is 12.8 Å². The van der Waals surface area contributed by atoms with Crippen LogP contribution in [0.15, 0.2) is 23.2 Å². The molecule has 2 aromatic heterocycles. The number of rotatable bonds is 3. The number of hydrogen-bond acceptors (Lipinski definition) is 4. The number of sulfonamides is 1. The molecule has 0 aromatic carbocycles. The third-order valence-electron chi connectivity index (χ3n) is 2.31. The van der Waals surface area contributed by atoms with E-state index in [1.807, 2.05) is 0 Å². The number of hydrogen-bond donors (Lipinski definition) is 2. The molecule has 0 aliphatic heterocycles. The molecule has 6 nitrogen and oxygen atoms in total. The van der Waals surface area contributed by atoms with Gasteiger partial charge in [-0.25, -0.2) is 13.4 Å². The maximum Gasteiger partial charge on any atom is 0.265 e. The maximum atomic E-state index is 12.6. The lowest BCUT2D eigenvalue weighted by molar-refractivity contribution is 0.583. The second-order valence-electron chi connectivity index (χ2n) is 3.74. The van der Waals surface area contributed by atoms with Crippen molar-refractivity contribution in [2.45, 2.75) is 18.7 Å². The van der Waals surface area contributed by atoms with Gasteiger partial charge >= 0.3 is 0 Å². The highest BCUT2D eigenvalue weighted by molar-refractivity contribution is 7.92. The van der Waals surface area contributed by atoms with Crippen LogP contribution in [0.5, 0.6) is 0 Å². The summed E-state index contributed by atoms with van der Waals surface area (Å²) in [5.74, 6) is -0.673. The zero-order valence-corrected chi connectivity index (χ0v) is 10.5. The molecular formula is C10H11FN4O2S. The molecule has 0 aliphatic carbocycles. The summed E-state index contributed by atoms with van der Waals surface area (Å²) in [5, 5.41) is 6.41. The van der Waals surface area contributed by atoms with Gasteiger partial charge in [0.1, 0.15) is 4.90 Å². The first-order chi connectivity index (χ1) is 8.40. The van der Waals surface area contributed by atoms with Crippen LogP contribution in [0.25, 0.3) is 0 Å². The Morgan fingerprint density at radius 1 is 1.33 bits per heavy atom. The van der Waals surface area contributed by atoms with Crippen LogP contribution >= 0.6 is 0 Å². The van der Waals surface area contributed by atoms with Gasteiger partial charge in [0.05, 0.1) is 23.3 Å². The van der Waals surface area contributed by atoms with Crippen molar-refractivity contribution in [3.05, 3.63) is 35.7 Å². The van der Waals surface area contributed by atoms with E-state index in [-0.39, 0.29) is 10.6 Å². The lowest BCUT2D eigenvalue weighted by Crippen LogP contribution is -2.14. The molecule has 2 heterocycles. The zero-order valence-electron chi connectivity index (χ0n) is 9.73. The van der Waals surface area contributed by atoms with Crippen molar-refractivity contribution in [3.8, 4) is 0 Å². The lowest BCUT2D eigenvalue weighted by atomic mass is 10.4. The fourth-order valence-corrected chi connectivity index (χ4v) is 3.00. The third kappa shape index (κ3) is 2.33. The van der Waals surface area contributed by atoms with Gasteiger partial charge in [-0.2, -0.15) is 9.49 Å². The summed E-state index contributed by atoms with van der Waals surface area (Å²) in [6, 6.07) is 2.37. The Morgan fingerprint density at radius 2 is 2.06 bits per heavy atom. The predicted molar refractivity (Wildman–Crippen MR) is 63.1 cm³/mol. The Kier molecular flexibility index (Phi) is 3.04. The van der Waals surface area contributed by atoms with Crippen molar-refractivity contribution in [1.82, 2.24) is 15.2 Å². The first-order valence-corrected chi connectivity index (χ1v) is 6.54. The van der Waals surface area contributed by atoms with E-state index < -0.39 is 16.0 Å². The fraction of sp³-hybridized carbons (Fsp3) is 0.200. The molecule has 0 amide bonds. The summed E-state index contributed by atoms with van der Waals surface area (Å²) < 4.78 is 39.1. The summed E-state index contributed by atoms with van der Waals surface area (Å²) in [7, 11) is -3.75. The van der Waals surface area contributed by atoms with E-state index in [0.717, 1.165) is 12.3 Å². The van der Waals surface area contributed by atoms with Gasteiger partial charge in [-0.15, -0.1) is 0 Å². The van der Waals surface area contributed by atoms with Crippen LogP contribution in [0, 0.1) is 19.8 Å². The van der Waals surface area contributed by atoms with E-state index in [0.29, 0.717) is 11.4 Å². The van der Waals surface area contributed by atoms with Crippen LogP contribution < -0.4 is 4.72 Å². The summed E-state index contributed by atoms with van der Waals surface area (Å²) in [6.07, 6.45) is 1.11. The Morgan fingerprint density at radius 3 is 2.56 bits per heavy atom. The van der Waals surface area contributed by atoms with E-state index >= 15 is 0 Å². The number of nitrogens with one attached hydrogen (secondary N) is 2. The normalized spacial score (nSPS) is 11.5. The highest BCUT2D eigenvalue weighted by Gasteiger charge is 2.22. The summed E-state index contributed by atoms with van der Waals surface area (Å²) in [5.41, 5.74) is 1.00. The molecule has 0 bridgehead atoms. The number of H-pyrrole nitrogens is 1. The number of aryl methyl sites for hydroxylation is 2. The maximum absolute atomic E-state index is 12.6. The topological polar surface area (TPSA) is 87.7 Å². The van der Waals surface area contributed by atoms with Crippen molar-refractivity contribution in [3.63, 3.8) is 0 Å². The van der Waals surface area contributed by atoms with Gasteiger partial charge in [0.2, 0.25) is 5.95 Å². The number of pyridine rings is 1. The number of aromatic amines is 1. The van der Waals surface area contributed by atoms with Crippen molar-refractivity contribution in [1.29, 1.82) is 0 Å². The Hall–Kier alpha value is -1.96. The van der Waals surface area contributed by atoms with Crippen molar-refractivity contribution >= 4 is 15.7 Å². The fourth-order valence-electron chi connectivity index (χ4n) is 1.58. The predicted octanol–water partition coefficient (Wildman–Crippen LogP) is 1.36. The molecule has 96 valence electrons. The van der Waals surface area contributed by atoms with Gasteiger partial charge in [0.25, 0.3) is 10.0 Å². The largest absolute Gasteiger partial charge is 0.281 e. The highest BCUT2D eigenvalue weighted by atomic mass is 32.2. The minimum Gasteiger partial charge on any atom is -0.281 e. The summed E-state index contributed by atoms with van der Waals surface area (Å²) in [6.45, 7) is 3.19. The van der Waals surface area contributed by atoms with Crippen LogP contribution in [0.3, 0.4) is 0 Å². The van der Waals surface area contributed by atoms with Crippen molar-refractivity contribution in [2.24, 2.45) is 0 Å². The first kappa shape index (κ1) is 12.5. The summed E-state index contributed by atoms with van der Waals surface area (Å²) >= 11 is 0. The van der Waals surface area contributed by atoms with Gasteiger partial charge in [-0.3, -0.25) is 9.82 Å². The van der Waals surface area contributed by atoms with Crippen LogP contribution in [-0.2, 0) is 10.0 Å². The molecule has 0 saturated carbocycles. The molecule has 0 radical (unpaired) electrons. The van der Waals surface area contributed by atoms with Crippen LogP contribution in [0.2, 0.25) is 0 Å². The number of halogens is 1. The van der Waals surface area contributed by atoms with Gasteiger partial charge in [0, 0.05) is 0 Å². The van der Waals surface area contributed by atoms with E-state index in [2.05, 4.69) is 19.9 Å². The minimum atomic E-state index is -3.75. The van der Waals surface area contributed by atoms with Crippen molar-refractivity contribution < 1.29 is 12.8 Å². The van der Waals surface area contributed by atoms with Gasteiger partial charge in [-0.05, 0) is 26.0 Å². The van der Waals surface area contributed by atoms with Crippen LogP contribution in [0.1, 0.15) is 11.4 Å². The quantitative estimate of drug-likeness (QED) is 0.824. The molecule has 2 rings (SSSR count). The average Bonchev–Trinajstić information content (AvgIpc) is 2.62. The molecule has 0 spiro atoms. The SMILES string of the molecule is Cc1n[nH]c(C)c1S(=O)(=O)Nc1ccc(F)nc1. The number of anilines is 1. The molecule has 0 fully saturated rings. The number of aromatic nitrogens is 3. The highest BCUT2D eigenvalue weighted by Crippen LogP contribution is 2.20. The van der Waals surface area contributed by atoms with E-state index in [4.69, 9.17) is 0 Å². The molecule has 0 unspecified atom stereocenters. The standard InChI is InChI=1S/C10H11FN4O2S/c1-6-10(7(2)14-13-6)18(16,17)15-8-3-4-9(11)12-5-8/h3-5,15H,1-2H3,(H,13,14). The van der Waals surface area contributed by atoms with Gasteiger partial charge in [0.15, 0.2) is 0 Å². The minimum absolute atomic E-state index is 0.0897. The van der Waals surface area contributed by atoms with Gasteiger partial charge < -0.3 is 0 Å². The van der Waals surface area contributed by atoms with Crippen LogP contribution in [0.4, 0.5) is 10.1 Å². The Balaban J connectivity index is 2.36. The molecule has 2 aromatic rings. The van der Waals surface area contributed by atoms with E-state index in [1.165, 1.54) is 6.07 Å². The number of nitrogens with zero attached hydrogens (tertiary/aromatic N) is 2. The molecule has 0 aliphatic rings. The van der Waals surface area contributed by atoms with Gasteiger partial charge in [-0.1, -0.05) is 0 Å². The van der Waals surface area contributed by atoms with E-state index in [1.54, 1.807) is 13.8 Å². The molecule has 18 heavy (non-hydrogen) atoms. The second kappa shape index (κ2) is 4.37. The molecular weight excluding hydrogens is 259 g/mol. The zero-order chi connectivity index (χ0) is 13.3. The molecule has 2 N–H and O–H groups in total. The second-order valence-corrected chi connectivity index (χ2v) is 5.36. The third-order valence-corrected chi connectivity index (χ3v) is 3.95. The average molecular weight is 270 g/mol. The Bertz CT molecular complexity index is 644. The molecule has 0 saturated heterocycles. The molecule has 0 atom stereocenters. The Labute approximate surface area is 103 Å². The summed E-state index contributed by atoms with van der Waals surface area (Å²) in [4.78, 5) is 3.46. The van der Waals surface area contributed by atoms with Crippen LogP contribution in [-0.4, -0.2) is 23.6 Å². The smallest absolute Gasteiger partial charge is 0.265 e. The molecule has 8 heteroatoms. The first-order valence-electron chi connectivity index (χ1n) is 5.06. The van der Waals surface area contributed by atoms with Crippen molar-refractivity contribution in [2.75, 3.05) is 4.72 Å². The lowest BCUT2D eigenvalue weighted by Gasteiger charge is -2.07. The monoisotopic (exact) mass is 270 g/mol.